The Morgan fingerprint density at radius 2 is 1.76 bits per heavy atom. The first-order valence-corrected chi connectivity index (χ1v) is 11.5. The Kier molecular flexibility index (Phi) is 6.39. The second kappa shape index (κ2) is 10.1. The average Bonchev–Trinajstić information content (AvgIpc) is 3.58. The Morgan fingerprint density at radius 1 is 0.912 bits per heavy atom. The molecule has 0 aliphatic rings. The monoisotopic (exact) mass is 468 g/mol. The van der Waals surface area contributed by atoms with Crippen LogP contribution in [0.3, 0.4) is 0 Å². The van der Waals surface area contributed by atoms with Gasteiger partial charge in [-0.25, -0.2) is 9.67 Å². The molecule has 3 aromatic heterocycles. The molecule has 0 spiro atoms. The summed E-state index contributed by atoms with van der Waals surface area (Å²) >= 11 is 1.34. The zero-order valence-corrected chi connectivity index (χ0v) is 18.8. The first-order chi connectivity index (χ1) is 16.8. The van der Waals surface area contributed by atoms with Crippen molar-refractivity contribution in [1.29, 1.82) is 0 Å². The van der Waals surface area contributed by atoms with Crippen LogP contribution in [0.2, 0.25) is 0 Å². The quantitative estimate of drug-likeness (QED) is 0.349. The second-order valence-electron chi connectivity index (χ2n) is 7.29. The smallest absolute Gasteiger partial charge is 0.230 e. The molecule has 9 nitrogen and oxygen atoms in total. The minimum atomic E-state index is -0.0871. The molecule has 0 aliphatic heterocycles. The largest absolute Gasteiger partial charge is 0.351 e. The van der Waals surface area contributed by atoms with Gasteiger partial charge in [0, 0.05) is 30.2 Å². The van der Waals surface area contributed by atoms with E-state index >= 15 is 0 Å². The van der Waals surface area contributed by atoms with Crippen LogP contribution in [0.25, 0.3) is 22.8 Å². The fourth-order valence-electron chi connectivity index (χ4n) is 3.35. The molecular formula is C24H20N8OS. The number of para-hydroxylation sites is 1. The maximum atomic E-state index is 12.5. The predicted molar refractivity (Wildman–Crippen MR) is 129 cm³/mol. The summed E-state index contributed by atoms with van der Waals surface area (Å²) in [6, 6.07) is 21.4. The summed E-state index contributed by atoms with van der Waals surface area (Å²) in [7, 11) is 0. The van der Waals surface area contributed by atoms with E-state index in [-0.39, 0.29) is 11.7 Å². The molecule has 168 valence electrons. The highest BCUT2D eigenvalue weighted by Crippen LogP contribution is 2.27. The first-order valence-electron chi connectivity index (χ1n) is 10.5. The van der Waals surface area contributed by atoms with Crippen molar-refractivity contribution in [3.63, 3.8) is 0 Å². The third kappa shape index (κ3) is 4.86. The van der Waals surface area contributed by atoms with Crippen LogP contribution in [0, 0.1) is 0 Å². The maximum Gasteiger partial charge on any atom is 0.230 e. The summed E-state index contributed by atoms with van der Waals surface area (Å²) in [5, 5.41) is 16.4. The van der Waals surface area contributed by atoms with Crippen LogP contribution < -0.4 is 5.32 Å². The highest BCUT2D eigenvalue weighted by atomic mass is 32.2. The molecule has 5 aromatic rings. The van der Waals surface area contributed by atoms with Crippen molar-refractivity contribution in [1.82, 2.24) is 39.8 Å². The molecule has 0 bridgehead atoms. The van der Waals surface area contributed by atoms with E-state index in [2.05, 4.69) is 30.6 Å². The number of aromatic nitrogens is 7. The Labute approximate surface area is 199 Å². The lowest BCUT2D eigenvalue weighted by molar-refractivity contribution is -0.118. The van der Waals surface area contributed by atoms with Gasteiger partial charge in [0.05, 0.1) is 11.4 Å². The summed E-state index contributed by atoms with van der Waals surface area (Å²) in [6.45, 7) is 0.434. The van der Waals surface area contributed by atoms with Crippen LogP contribution in [0.15, 0.2) is 96.9 Å². The molecule has 3 heterocycles. The van der Waals surface area contributed by atoms with Gasteiger partial charge in [0.25, 0.3) is 0 Å². The van der Waals surface area contributed by atoms with E-state index in [1.807, 2.05) is 71.3 Å². The number of benzene rings is 2. The van der Waals surface area contributed by atoms with Gasteiger partial charge in [-0.15, -0.1) is 10.2 Å². The van der Waals surface area contributed by atoms with Crippen LogP contribution in [0.4, 0.5) is 0 Å². The Hall–Kier alpha value is -4.31. The van der Waals surface area contributed by atoms with Crippen molar-refractivity contribution in [3.8, 4) is 22.8 Å². The summed E-state index contributed by atoms with van der Waals surface area (Å²) in [4.78, 5) is 20.7. The van der Waals surface area contributed by atoms with Gasteiger partial charge in [0.15, 0.2) is 11.0 Å². The van der Waals surface area contributed by atoms with Gasteiger partial charge in [0.1, 0.15) is 12.7 Å². The summed E-state index contributed by atoms with van der Waals surface area (Å²) < 4.78 is 3.62. The number of nitrogens with one attached hydrogen (secondary N) is 1. The maximum absolute atomic E-state index is 12.5. The van der Waals surface area contributed by atoms with Crippen LogP contribution in [0.1, 0.15) is 5.56 Å². The van der Waals surface area contributed by atoms with Gasteiger partial charge in [-0.05, 0) is 42.0 Å². The number of carbonyl (C=O) groups excluding carboxylic acids is 1. The molecule has 1 N–H and O–H groups in total. The number of thioether (sulfide) groups is 1. The van der Waals surface area contributed by atoms with E-state index in [0.717, 1.165) is 22.5 Å². The Balaban J connectivity index is 1.25. The van der Waals surface area contributed by atoms with E-state index in [1.165, 1.54) is 18.1 Å². The molecule has 0 fully saturated rings. The number of amides is 1. The van der Waals surface area contributed by atoms with Gasteiger partial charge in [-0.2, -0.15) is 5.10 Å². The minimum absolute atomic E-state index is 0.0871. The van der Waals surface area contributed by atoms with Gasteiger partial charge >= 0.3 is 0 Å². The lowest BCUT2D eigenvalue weighted by Gasteiger charge is -2.10. The van der Waals surface area contributed by atoms with Crippen LogP contribution in [-0.2, 0) is 11.3 Å². The Bertz CT molecular complexity index is 1350. The molecule has 0 unspecified atom stereocenters. The second-order valence-corrected chi connectivity index (χ2v) is 8.23. The van der Waals surface area contributed by atoms with Gasteiger partial charge in [0.2, 0.25) is 5.91 Å². The van der Waals surface area contributed by atoms with Crippen molar-refractivity contribution in [2.45, 2.75) is 11.7 Å². The first kappa shape index (κ1) is 21.5. The van der Waals surface area contributed by atoms with E-state index in [1.54, 1.807) is 23.4 Å². The topological polar surface area (TPSA) is 103 Å². The molecule has 2 aromatic carbocycles. The third-order valence-electron chi connectivity index (χ3n) is 5.01. The van der Waals surface area contributed by atoms with Crippen molar-refractivity contribution in [2.24, 2.45) is 0 Å². The van der Waals surface area contributed by atoms with Crippen molar-refractivity contribution in [2.75, 3.05) is 5.75 Å². The van der Waals surface area contributed by atoms with Gasteiger partial charge in [-0.1, -0.05) is 42.1 Å². The van der Waals surface area contributed by atoms with Crippen LogP contribution in [0.5, 0.6) is 0 Å². The normalized spacial score (nSPS) is 10.8. The minimum Gasteiger partial charge on any atom is -0.351 e. The number of rotatable bonds is 8. The fraction of sp³-hybridized carbons (Fsp3) is 0.0833. The van der Waals surface area contributed by atoms with Crippen molar-refractivity contribution < 1.29 is 4.79 Å². The fourth-order valence-corrected chi connectivity index (χ4v) is 4.13. The standard InChI is InChI=1S/C24H20N8OS/c33-22(27-13-18-8-10-20(11-9-18)31-17-26-16-28-31)15-34-24-30-29-23(19-5-4-12-25-14-19)32(24)21-6-2-1-3-7-21/h1-12,14,16-17H,13,15H2,(H,27,33). The van der Waals surface area contributed by atoms with E-state index in [9.17, 15) is 4.79 Å². The lowest BCUT2D eigenvalue weighted by Crippen LogP contribution is -2.24. The highest BCUT2D eigenvalue weighted by Gasteiger charge is 2.17. The number of nitrogens with zero attached hydrogens (tertiary/aromatic N) is 7. The zero-order chi connectivity index (χ0) is 23.2. The molecule has 34 heavy (non-hydrogen) atoms. The molecule has 10 heteroatoms. The van der Waals surface area contributed by atoms with Gasteiger partial charge < -0.3 is 5.32 Å². The summed E-state index contributed by atoms with van der Waals surface area (Å²) in [5.74, 6) is 0.806. The SMILES string of the molecule is O=C(CSc1nnc(-c2cccnc2)n1-c1ccccc1)NCc1ccc(-n2cncn2)cc1. The molecule has 0 radical (unpaired) electrons. The molecule has 5 rings (SSSR count). The number of hydrogen-bond acceptors (Lipinski definition) is 7. The van der Waals surface area contributed by atoms with Crippen LogP contribution in [-0.4, -0.2) is 46.2 Å². The summed E-state index contributed by atoms with van der Waals surface area (Å²) in [6.07, 6.45) is 6.60. The lowest BCUT2D eigenvalue weighted by atomic mass is 10.2. The van der Waals surface area contributed by atoms with Crippen LogP contribution >= 0.6 is 11.8 Å². The third-order valence-corrected chi connectivity index (χ3v) is 5.94. The zero-order valence-electron chi connectivity index (χ0n) is 18.0. The molecule has 0 saturated heterocycles. The molecule has 0 aliphatic carbocycles. The van der Waals surface area contributed by atoms with Gasteiger partial charge in [-0.3, -0.25) is 14.3 Å². The molecule has 1 amide bonds. The average molecular weight is 469 g/mol. The Morgan fingerprint density at radius 3 is 2.50 bits per heavy atom. The number of carbonyl (C=O) groups is 1. The predicted octanol–water partition coefficient (Wildman–Crippen LogP) is 3.32. The van der Waals surface area contributed by atoms with E-state index < -0.39 is 0 Å². The molecule has 0 atom stereocenters. The highest BCUT2D eigenvalue weighted by molar-refractivity contribution is 7.99. The summed E-state index contributed by atoms with van der Waals surface area (Å²) in [5.41, 5.74) is 3.67. The molecular weight excluding hydrogens is 448 g/mol. The molecule has 0 saturated carbocycles. The van der Waals surface area contributed by atoms with E-state index in [4.69, 9.17) is 0 Å². The number of hydrogen-bond donors (Lipinski definition) is 1. The van der Waals surface area contributed by atoms with E-state index in [0.29, 0.717) is 17.5 Å². The van der Waals surface area contributed by atoms with Crippen molar-refractivity contribution >= 4 is 17.7 Å². The van der Waals surface area contributed by atoms with Crippen molar-refractivity contribution in [3.05, 3.63) is 97.3 Å². The number of pyridine rings is 1.